The molecule has 2 N–H and O–H groups in total. The molecule has 0 aliphatic carbocycles. The van der Waals surface area contributed by atoms with Gasteiger partial charge in [0.15, 0.2) is 0 Å². The fourth-order valence-electron chi connectivity index (χ4n) is 3.69. The van der Waals surface area contributed by atoms with Crippen molar-refractivity contribution >= 4 is 40.0 Å². The van der Waals surface area contributed by atoms with E-state index in [2.05, 4.69) is 75.0 Å². The number of nitrogens with zero attached hydrogens (tertiary/aromatic N) is 1. The van der Waals surface area contributed by atoms with Gasteiger partial charge in [-0.25, -0.2) is 0 Å². The maximum atomic E-state index is 6.32. The Morgan fingerprint density at radius 3 is 2.58 bits per heavy atom. The molecule has 3 aromatic rings. The van der Waals surface area contributed by atoms with Gasteiger partial charge in [0.05, 0.1) is 12.1 Å². The Morgan fingerprint density at radius 1 is 1.16 bits per heavy atom. The second kappa shape index (κ2) is 12.7. The summed E-state index contributed by atoms with van der Waals surface area (Å²) < 4.78 is 2.37. The topological polar surface area (TPSA) is 30.9 Å². The van der Waals surface area contributed by atoms with Crippen molar-refractivity contribution in [2.45, 2.75) is 46.6 Å². The quantitative estimate of drug-likeness (QED) is 0.261. The Labute approximate surface area is 197 Å². The lowest BCUT2D eigenvalue weighted by atomic mass is 10.0. The lowest BCUT2D eigenvalue weighted by Gasteiger charge is -2.11. The van der Waals surface area contributed by atoms with Crippen LogP contribution in [-0.4, -0.2) is 10.3 Å². The van der Waals surface area contributed by atoms with Gasteiger partial charge in [-0.15, -0.1) is 24.9 Å². The van der Waals surface area contributed by atoms with Crippen LogP contribution < -0.4 is 5.73 Å². The van der Waals surface area contributed by atoms with Crippen molar-refractivity contribution < 1.29 is 0 Å². The molecular weight excluding hydrogens is 420 g/mol. The van der Waals surface area contributed by atoms with Crippen LogP contribution in [-0.2, 0) is 19.4 Å². The Hall–Kier alpha value is -2.10. The van der Waals surface area contributed by atoms with Crippen molar-refractivity contribution in [1.82, 2.24) is 4.57 Å². The molecule has 2 nitrogen and oxygen atoms in total. The Bertz CT molecular complexity index is 1000. The summed E-state index contributed by atoms with van der Waals surface area (Å²) in [4.78, 5) is 1.40. The van der Waals surface area contributed by atoms with Crippen molar-refractivity contribution in [3.8, 4) is 0 Å². The lowest BCUT2D eigenvalue weighted by Crippen LogP contribution is -2.01. The number of halogens is 1. The third kappa shape index (κ3) is 7.22. The minimum atomic E-state index is 0.626. The summed E-state index contributed by atoms with van der Waals surface area (Å²) in [6.45, 7) is 13.6. The van der Waals surface area contributed by atoms with Crippen LogP contribution in [0.5, 0.6) is 0 Å². The summed E-state index contributed by atoms with van der Waals surface area (Å²) in [5.41, 5.74) is 10.8. The molecule has 0 bridgehead atoms. The molecule has 166 valence electrons. The number of benzene rings is 2. The molecule has 4 heteroatoms. The SMILES string of the molecule is C=C.CC/C=C(/Cn1cc(CC(C)C)c2ccc(Cl)cc21)SCCc1ccccc1N. The number of nitrogens with two attached hydrogens (primary N) is 1. The number of nitrogen functional groups attached to an aromatic ring is 1. The Morgan fingerprint density at radius 2 is 1.90 bits per heavy atom. The van der Waals surface area contributed by atoms with Crippen molar-refractivity contribution in [2.24, 2.45) is 5.92 Å². The summed E-state index contributed by atoms with van der Waals surface area (Å²) in [5.74, 6) is 1.65. The van der Waals surface area contributed by atoms with Gasteiger partial charge in [-0.3, -0.25) is 0 Å². The number of hydrogen-bond donors (Lipinski definition) is 1. The van der Waals surface area contributed by atoms with Gasteiger partial charge in [0, 0.05) is 33.0 Å². The monoisotopic (exact) mass is 454 g/mol. The minimum Gasteiger partial charge on any atom is -0.399 e. The van der Waals surface area contributed by atoms with Gasteiger partial charge in [0.2, 0.25) is 0 Å². The van der Waals surface area contributed by atoms with Crippen molar-refractivity contribution in [1.29, 1.82) is 0 Å². The number of hydrogen-bond acceptors (Lipinski definition) is 2. The zero-order chi connectivity index (χ0) is 22.8. The number of thioether (sulfide) groups is 1. The van der Waals surface area contributed by atoms with Crippen LogP contribution in [0.15, 0.2) is 72.8 Å². The summed E-state index contributed by atoms with van der Waals surface area (Å²) in [6.07, 6.45) is 7.76. The van der Waals surface area contributed by atoms with Gasteiger partial charge in [0.25, 0.3) is 0 Å². The van der Waals surface area contributed by atoms with Gasteiger partial charge in [0.1, 0.15) is 0 Å². The molecule has 0 spiro atoms. The van der Waals surface area contributed by atoms with Crippen LogP contribution in [0.3, 0.4) is 0 Å². The molecule has 0 amide bonds. The van der Waals surface area contributed by atoms with Crippen molar-refractivity contribution in [3.05, 3.63) is 88.9 Å². The summed E-state index contributed by atoms with van der Waals surface area (Å²) in [5, 5.41) is 2.11. The van der Waals surface area contributed by atoms with Crippen LogP contribution >= 0.6 is 23.4 Å². The molecule has 0 fully saturated rings. The van der Waals surface area contributed by atoms with Crippen LogP contribution in [0.4, 0.5) is 5.69 Å². The molecule has 31 heavy (non-hydrogen) atoms. The van der Waals surface area contributed by atoms with E-state index < -0.39 is 0 Å². The van der Waals surface area contributed by atoms with E-state index in [1.54, 1.807) is 0 Å². The Kier molecular flexibility index (Phi) is 10.3. The van der Waals surface area contributed by atoms with Gasteiger partial charge in [-0.1, -0.05) is 62.7 Å². The van der Waals surface area contributed by atoms with Gasteiger partial charge >= 0.3 is 0 Å². The number of rotatable bonds is 9. The summed E-state index contributed by atoms with van der Waals surface area (Å²) >= 11 is 8.26. The number of allylic oxidation sites excluding steroid dienone is 2. The molecular formula is C27H35ClN2S. The maximum Gasteiger partial charge on any atom is 0.0532 e. The number of fused-ring (bicyclic) bond motifs is 1. The van der Waals surface area contributed by atoms with Crippen LogP contribution in [0.1, 0.15) is 38.3 Å². The first-order valence-corrected chi connectivity index (χ1v) is 12.3. The van der Waals surface area contributed by atoms with E-state index in [0.29, 0.717) is 5.92 Å². The third-order valence-corrected chi connectivity index (χ3v) is 6.34. The molecule has 0 aliphatic heterocycles. The minimum absolute atomic E-state index is 0.626. The predicted molar refractivity (Wildman–Crippen MR) is 142 cm³/mol. The molecule has 3 rings (SSSR count). The van der Waals surface area contributed by atoms with Crippen LogP contribution in [0, 0.1) is 5.92 Å². The van der Waals surface area contributed by atoms with E-state index in [1.165, 1.54) is 26.9 Å². The molecule has 0 saturated carbocycles. The highest BCUT2D eigenvalue weighted by Gasteiger charge is 2.12. The van der Waals surface area contributed by atoms with E-state index in [9.17, 15) is 0 Å². The molecule has 1 aromatic heterocycles. The number of aryl methyl sites for hydroxylation is 1. The number of anilines is 1. The van der Waals surface area contributed by atoms with Gasteiger partial charge < -0.3 is 10.3 Å². The zero-order valence-corrected chi connectivity index (χ0v) is 20.6. The van der Waals surface area contributed by atoms with E-state index >= 15 is 0 Å². The lowest BCUT2D eigenvalue weighted by molar-refractivity contribution is 0.647. The van der Waals surface area contributed by atoms with Crippen molar-refractivity contribution in [2.75, 3.05) is 11.5 Å². The molecule has 0 saturated heterocycles. The highest BCUT2D eigenvalue weighted by molar-refractivity contribution is 8.03. The number of para-hydroxylation sites is 1. The molecule has 0 atom stereocenters. The maximum absolute atomic E-state index is 6.32. The average Bonchev–Trinajstić information content (AvgIpc) is 3.06. The highest BCUT2D eigenvalue weighted by Crippen LogP contribution is 2.29. The molecule has 0 radical (unpaired) electrons. The second-order valence-corrected chi connectivity index (χ2v) is 9.58. The standard InChI is InChI=1S/C25H31ClN2S.C2H4/c1-4-7-22(29-13-12-19-8-5-6-9-24(19)27)17-28-16-20(14-18(2)3)23-11-10-21(26)15-25(23)28;1-2/h5-11,15-16,18H,4,12-14,17,27H2,1-3H3;1-2H2/b22-7-;. The largest absolute Gasteiger partial charge is 0.399 e. The van der Waals surface area contributed by atoms with Gasteiger partial charge in [-0.05, 0) is 54.5 Å². The van der Waals surface area contributed by atoms with E-state index in [1.807, 2.05) is 30.0 Å². The van der Waals surface area contributed by atoms with E-state index in [4.69, 9.17) is 17.3 Å². The normalized spacial score (nSPS) is 11.6. The van der Waals surface area contributed by atoms with Crippen LogP contribution in [0.25, 0.3) is 10.9 Å². The molecule has 2 aromatic carbocycles. The van der Waals surface area contributed by atoms with Gasteiger partial charge in [-0.2, -0.15) is 0 Å². The molecule has 0 aliphatic rings. The first kappa shape index (κ1) is 25.2. The third-order valence-electron chi connectivity index (χ3n) is 5.03. The first-order valence-electron chi connectivity index (χ1n) is 10.9. The smallest absolute Gasteiger partial charge is 0.0532 e. The molecule has 0 unspecified atom stereocenters. The zero-order valence-electron chi connectivity index (χ0n) is 19.0. The predicted octanol–water partition coefficient (Wildman–Crippen LogP) is 8.15. The van der Waals surface area contributed by atoms with Crippen LogP contribution in [0.2, 0.25) is 5.02 Å². The number of aromatic nitrogens is 1. The highest BCUT2D eigenvalue weighted by atomic mass is 35.5. The first-order chi connectivity index (χ1) is 15.0. The summed E-state index contributed by atoms with van der Waals surface area (Å²) in [6, 6.07) is 14.4. The second-order valence-electron chi connectivity index (χ2n) is 7.92. The Balaban J connectivity index is 0.00000166. The fourth-order valence-corrected chi connectivity index (χ4v) is 4.96. The summed E-state index contributed by atoms with van der Waals surface area (Å²) in [7, 11) is 0. The van der Waals surface area contributed by atoms with E-state index in [-0.39, 0.29) is 0 Å². The fraction of sp³-hybridized carbons (Fsp3) is 0.333. The van der Waals surface area contributed by atoms with E-state index in [0.717, 1.165) is 42.3 Å². The van der Waals surface area contributed by atoms with Crippen molar-refractivity contribution in [3.63, 3.8) is 0 Å². The average molecular weight is 455 g/mol. The molecule has 1 heterocycles.